The zero-order chi connectivity index (χ0) is 18.9. The first kappa shape index (κ1) is 18.6. The third-order valence-electron chi connectivity index (χ3n) is 4.40. The molecule has 3 rings (SSSR count). The number of carbonyl (C=O) groups excluding carboxylic acids is 1. The van der Waals surface area contributed by atoms with Gasteiger partial charge in [0.2, 0.25) is 10.0 Å². The Hall–Kier alpha value is -2.16. The van der Waals surface area contributed by atoms with Crippen molar-refractivity contribution in [2.45, 2.75) is 18.7 Å². The molecule has 26 heavy (non-hydrogen) atoms. The smallest absolute Gasteiger partial charge is 0.360 e. The number of para-hydroxylation sites is 1. The standard InChI is InChI=1S/C18H22N2O5S/c1-13-5-4-6-14(2)17(13)25-18(21)16-11-15(12-19(16)3)26(22,23)20-7-9-24-10-8-20/h4-6,11-12H,7-10H2,1-3H3. The van der Waals surface area contributed by atoms with Crippen molar-refractivity contribution in [2.24, 2.45) is 7.05 Å². The molecule has 0 amide bonds. The summed E-state index contributed by atoms with van der Waals surface area (Å²) in [7, 11) is -2.04. The second-order valence-corrected chi connectivity index (χ2v) is 8.24. The van der Waals surface area contributed by atoms with Crippen LogP contribution in [-0.4, -0.2) is 49.6 Å². The first-order valence-corrected chi connectivity index (χ1v) is 9.77. The predicted molar refractivity (Wildman–Crippen MR) is 95.9 cm³/mol. The molecule has 2 heterocycles. The normalized spacial score (nSPS) is 15.8. The highest BCUT2D eigenvalue weighted by molar-refractivity contribution is 7.89. The first-order chi connectivity index (χ1) is 12.3. The Bertz CT molecular complexity index is 907. The molecular weight excluding hydrogens is 356 g/mol. The molecule has 0 radical (unpaired) electrons. The summed E-state index contributed by atoms with van der Waals surface area (Å²) in [6.45, 7) is 5.06. The van der Waals surface area contributed by atoms with Gasteiger partial charge in [-0.15, -0.1) is 0 Å². The molecule has 0 saturated carbocycles. The first-order valence-electron chi connectivity index (χ1n) is 8.33. The minimum Gasteiger partial charge on any atom is -0.421 e. The van der Waals surface area contributed by atoms with Crippen LogP contribution in [0, 0.1) is 13.8 Å². The number of morpholine rings is 1. The summed E-state index contributed by atoms with van der Waals surface area (Å²) in [6.07, 6.45) is 1.44. The number of hydrogen-bond donors (Lipinski definition) is 0. The SMILES string of the molecule is Cc1cccc(C)c1OC(=O)c1cc(S(=O)(=O)N2CCOCC2)cn1C. The third kappa shape index (κ3) is 3.53. The van der Waals surface area contributed by atoms with Crippen LogP contribution < -0.4 is 4.74 Å². The van der Waals surface area contributed by atoms with Gasteiger partial charge >= 0.3 is 5.97 Å². The summed E-state index contributed by atoms with van der Waals surface area (Å²) < 4.78 is 39.1. The van der Waals surface area contributed by atoms with Crippen molar-refractivity contribution in [3.63, 3.8) is 0 Å². The molecule has 7 nitrogen and oxygen atoms in total. The average Bonchev–Trinajstić information content (AvgIpc) is 3.01. The molecule has 1 aromatic heterocycles. The molecule has 1 fully saturated rings. The molecule has 0 N–H and O–H groups in total. The van der Waals surface area contributed by atoms with Gasteiger partial charge in [0.25, 0.3) is 0 Å². The summed E-state index contributed by atoms with van der Waals surface area (Å²) in [5.74, 6) is -0.0930. The van der Waals surface area contributed by atoms with E-state index in [-0.39, 0.29) is 10.6 Å². The number of nitrogens with zero attached hydrogens (tertiary/aromatic N) is 2. The summed E-state index contributed by atoms with van der Waals surface area (Å²) in [4.78, 5) is 12.7. The predicted octanol–water partition coefficient (Wildman–Crippen LogP) is 1.88. The maximum atomic E-state index is 12.7. The number of sulfonamides is 1. The lowest BCUT2D eigenvalue weighted by Crippen LogP contribution is -2.40. The van der Waals surface area contributed by atoms with Crippen LogP contribution in [0.1, 0.15) is 21.6 Å². The molecule has 0 bridgehead atoms. The van der Waals surface area contributed by atoms with Gasteiger partial charge in [-0.05, 0) is 31.0 Å². The van der Waals surface area contributed by atoms with E-state index in [1.807, 2.05) is 32.0 Å². The summed E-state index contributed by atoms with van der Waals surface area (Å²) >= 11 is 0. The lowest BCUT2D eigenvalue weighted by Gasteiger charge is -2.25. The number of aromatic nitrogens is 1. The van der Waals surface area contributed by atoms with E-state index in [1.54, 1.807) is 7.05 Å². The number of aryl methyl sites for hydroxylation is 3. The molecule has 0 atom stereocenters. The van der Waals surface area contributed by atoms with Gasteiger partial charge < -0.3 is 14.0 Å². The van der Waals surface area contributed by atoms with Crippen LogP contribution in [0.25, 0.3) is 0 Å². The summed E-state index contributed by atoms with van der Waals surface area (Å²) in [6, 6.07) is 6.96. The van der Waals surface area contributed by atoms with Crippen molar-refractivity contribution in [1.82, 2.24) is 8.87 Å². The van der Waals surface area contributed by atoms with E-state index in [2.05, 4.69) is 0 Å². The topological polar surface area (TPSA) is 77.8 Å². The summed E-state index contributed by atoms with van der Waals surface area (Å²) in [5, 5.41) is 0. The molecule has 1 saturated heterocycles. The van der Waals surface area contributed by atoms with Gasteiger partial charge in [-0.25, -0.2) is 13.2 Å². The Balaban J connectivity index is 1.87. The fourth-order valence-electron chi connectivity index (χ4n) is 2.92. The molecule has 1 aromatic carbocycles. The molecule has 8 heteroatoms. The monoisotopic (exact) mass is 378 g/mol. The minimum atomic E-state index is -3.66. The van der Waals surface area contributed by atoms with E-state index >= 15 is 0 Å². The van der Waals surface area contributed by atoms with Gasteiger partial charge in [0.05, 0.1) is 13.2 Å². The number of carbonyl (C=O) groups is 1. The van der Waals surface area contributed by atoms with Crippen LogP contribution >= 0.6 is 0 Å². The summed E-state index contributed by atoms with van der Waals surface area (Å²) in [5.41, 5.74) is 1.86. The lowest BCUT2D eigenvalue weighted by atomic mass is 10.1. The van der Waals surface area contributed by atoms with Gasteiger partial charge in [0, 0.05) is 26.3 Å². The highest BCUT2D eigenvalue weighted by Crippen LogP contribution is 2.25. The number of hydrogen-bond acceptors (Lipinski definition) is 5. The van der Waals surface area contributed by atoms with Crippen molar-refractivity contribution < 1.29 is 22.7 Å². The zero-order valence-corrected chi connectivity index (χ0v) is 15.9. The fourth-order valence-corrected chi connectivity index (χ4v) is 4.40. The molecule has 0 aliphatic carbocycles. The molecular formula is C18H22N2O5S. The number of esters is 1. The molecule has 0 spiro atoms. The van der Waals surface area contributed by atoms with E-state index in [9.17, 15) is 13.2 Å². The molecule has 1 aliphatic rings. The minimum absolute atomic E-state index is 0.0790. The molecule has 140 valence electrons. The van der Waals surface area contributed by atoms with Gasteiger partial charge in [0.1, 0.15) is 16.3 Å². The van der Waals surface area contributed by atoms with Crippen LogP contribution in [0.15, 0.2) is 35.4 Å². The Labute approximate surface area is 153 Å². The van der Waals surface area contributed by atoms with Crippen molar-refractivity contribution in [2.75, 3.05) is 26.3 Å². The van der Waals surface area contributed by atoms with E-state index in [0.29, 0.717) is 32.1 Å². The third-order valence-corrected chi connectivity index (χ3v) is 6.26. The van der Waals surface area contributed by atoms with Crippen molar-refractivity contribution in [3.05, 3.63) is 47.3 Å². The van der Waals surface area contributed by atoms with Crippen LogP contribution in [0.4, 0.5) is 0 Å². The Morgan fingerprint density at radius 2 is 1.77 bits per heavy atom. The lowest BCUT2D eigenvalue weighted by molar-refractivity contribution is 0.0721. The molecule has 2 aromatic rings. The largest absolute Gasteiger partial charge is 0.421 e. The van der Waals surface area contributed by atoms with E-state index in [1.165, 1.54) is 21.1 Å². The van der Waals surface area contributed by atoms with Gasteiger partial charge in [-0.2, -0.15) is 4.31 Å². The quantitative estimate of drug-likeness (QED) is 0.600. The van der Waals surface area contributed by atoms with Crippen molar-refractivity contribution in [1.29, 1.82) is 0 Å². The maximum Gasteiger partial charge on any atom is 0.360 e. The molecule has 1 aliphatic heterocycles. The van der Waals surface area contributed by atoms with Gasteiger partial charge in [0.15, 0.2) is 0 Å². The number of ether oxygens (including phenoxy) is 2. The van der Waals surface area contributed by atoms with Crippen molar-refractivity contribution in [3.8, 4) is 5.75 Å². The Kier molecular flexibility index (Phi) is 5.17. The Morgan fingerprint density at radius 1 is 1.15 bits per heavy atom. The second kappa shape index (κ2) is 7.22. The maximum absolute atomic E-state index is 12.7. The van der Waals surface area contributed by atoms with Gasteiger partial charge in [-0.3, -0.25) is 0 Å². The highest BCUT2D eigenvalue weighted by Gasteiger charge is 2.29. The Morgan fingerprint density at radius 3 is 2.38 bits per heavy atom. The number of benzene rings is 1. The van der Waals surface area contributed by atoms with E-state index < -0.39 is 16.0 Å². The van der Waals surface area contributed by atoms with E-state index in [0.717, 1.165) is 11.1 Å². The zero-order valence-electron chi connectivity index (χ0n) is 15.1. The van der Waals surface area contributed by atoms with E-state index in [4.69, 9.17) is 9.47 Å². The van der Waals surface area contributed by atoms with Crippen LogP contribution in [0.2, 0.25) is 0 Å². The highest BCUT2D eigenvalue weighted by atomic mass is 32.2. The van der Waals surface area contributed by atoms with Gasteiger partial charge in [-0.1, -0.05) is 18.2 Å². The second-order valence-electron chi connectivity index (χ2n) is 6.30. The fraction of sp³-hybridized carbons (Fsp3) is 0.389. The van der Waals surface area contributed by atoms with Crippen molar-refractivity contribution >= 4 is 16.0 Å². The molecule has 0 unspecified atom stereocenters. The van der Waals surface area contributed by atoms with Crippen LogP contribution in [0.5, 0.6) is 5.75 Å². The number of rotatable bonds is 4. The van der Waals surface area contributed by atoms with Crippen LogP contribution in [0.3, 0.4) is 0 Å². The van der Waals surface area contributed by atoms with Crippen LogP contribution in [-0.2, 0) is 21.8 Å². The average molecular weight is 378 g/mol.